The molecule has 0 saturated heterocycles. The highest BCUT2D eigenvalue weighted by Crippen LogP contribution is 2.36. The van der Waals surface area contributed by atoms with E-state index in [2.05, 4.69) is 5.32 Å². The summed E-state index contributed by atoms with van der Waals surface area (Å²) in [5, 5.41) is 15.1. The van der Waals surface area contributed by atoms with Gasteiger partial charge in [-0.1, -0.05) is 73.0 Å². The molecule has 1 aliphatic rings. The van der Waals surface area contributed by atoms with Gasteiger partial charge in [0.2, 0.25) is 11.8 Å². The highest BCUT2D eigenvalue weighted by molar-refractivity contribution is 7.92. The number of halogens is 1. The maximum absolute atomic E-state index is 14.9. The van der Waals surface area contributed by atoms with Gasteiger partial charge in [-0.3, -0.25) is 24.0 Å². The SMILES string of the molecule is COc1cccc(CN(C(=O)CN(c2cc(Cl)ccc2OC)S(=O)(=O)c2ccc(C)c([N+](=O)[O-])c2)[C@H](Cc2ccccc2)C(=O)NC2CCCC2)c1. The van der Waals surface area contributed by atoms with Crippen molar-refractivity contribution in [1.29, 1.82) is 0 Å². The molecule has 0 aliphatic heterocycles. The molecule has 274 valence electrons. The van der Waals surface area contributed by atoms with Gasteiger partial charge in [0.15, 0.2) is 0 Å². The van der Waals surface area contributed by atoms with E-state index in [-0.39, 0.29) is 46.9 Å². The third-order valence-corrected chi connectivity index (χ3v) is 11.1. The minimum atomic E-state index is -4.69. The van der Waals surface area contributed by atoms with Gasteiger partial charge in [-0.05, 0) is 67.3 Å². The van der Waals surface area contributed by atoms with Gasteiger partial charge >= 0.3 is 0 Å². The summed E-state index contributed by atoms with van der Waals surface area (Å²) < 4.78 is 40.9. The lowest BCUT2D eigenvalue weighted by Crippen LogP contribution is -2.54. The molecular weight excluding hydrogens is 708 g/mol. The summed E-state index contributed by atoms with van der Waals surface area (Å²) in [5.41, 5.74) is 1.22. The van der Waals surface area contributed by atoms with Gasteiger partial charge < -0.3 is 19.7 Å². The zero-order valence-electron chi connectivity index (χ0n) is 29.2. The van der Waals surface area contributed by atoms with Crippen molar-refractivity contribution in [1.82, 2.24) is 10.2 Å². The number of benzene rings is 4. The van der Waals surface area contributed by atoms with Crippen LogP contribution in [-0.4, -0.2) is 62.9 Å². The Bertz CT molecular complexity index is 2020. The summed E-state index contributed by atoms with van der Waals surface area (Å²) in [6.45, 7) is 0.630. The number of hydrogen-bond acceptors (Lipinski definition) is 8. The Morgan fingerprint density at radius 1 is 0.942 bits per heavy atom. The molecule has 0 unspecified atom stereocenters. The van der Waals surface area contributed by atoms with Crippen LogP contribution in [0, 0.1) is 17.0 Å². The highest BCUT2D eigenvalue weighted by Gasteiger charge is 2.37. The minimum absolute atomic E-state index is 0.0514. The molecule has 0 aromatic heterocycles. The van der Waals surface area contributed by atoms with E-state index < -0.39 is 44.0 Å². The van der Waals surface area contributed by atoms with E-state index >= 15 is 0 Å². The first-order valence-electron chi connectivity index (χ1n) is 16.8. The summed E-state index contributed by atoms with van der Waals surface area (Å²) in [7, 11) is -1.83. The van der Waals surface area contributed by atoms with E-state index in [4.69, 9.17) is 21.1 Å². The fourth-order valence-corrected chi connectivity index (χ4v) is 7.94. The van der Waals surface area contributed by atoms with Crippen molar-refractivity contribution in [3.63, 3.8) is 0 Å². The van der Waals surface area contributed by atoms with Crippen molar-refractivity contribution in [2.24, 2.45) is 0 Å². The Morgan fingerprint density at radius 2 is 1.65 bits per heavy atom. The van der Waals surface area contributed by atoms with E-state index in [1.54, 1.807) is 24.3 Å². The summed E-state index contributed by atoms with van der Waals surface area (Å²) in [4.78, 5) is 41.3. The number of ether oxygens (including phenoxy) is 2. The second-order valence-corrected chi connectivity index (χ2v) is 14.9. The molecule has 0 bridgehead atoms. The van der Waals surface area contributed by atoms with Gasteiger partial charge in [0.05, 0.1) is 29.7 Å². The van der Waals surface area contributed by atoms with Gasteiger partial charge in [0.1, 0.15) is 24.1 Å². The fraction of sp³-hybridized carbons (Fsp3) is 0.316. The maximum Gasteiger partial charge on any atom is 0.273 e. The Labute approximate surface area is 308 Å². The quantitative estimate of drug-likeness (QED) is 0.108. The van der Waals surface area contributed by atoms with Crippen LogP contribution in [0.4, 0.5) is 11.4 Å². The van der Waals surface area contributed by atoms with Gasteiger partial charge in [-0.25, -0.2) is 8.42 Å². The average molecular weight is 749 g/mol. The molecule has 1 atom stereocenters. The summed E-state index contributed by atoms with van der Waals surface area (Å²) in [5.74, 6) is -0.455. The van der Waals surface area contributed by atoms with Crippen LogP contribution in [0.5, 0.6) is 11.5 Å². The first-order chi connectivity index (χ1) is 24.9. The maximum atomic E-state index is 14.9. The molecule has 1 aliphatic carbocycles. The number of carbonyl (C=O) groups excluding carboxylic acids is 2. The number of methoxy groups -OCH3 is 2. The number of anilines is 1. The molecule has 0 radical (unpaired) electrons. The Kier molecular flexibility index (Phi) is 12.4. The lowest BCUT2D eigenvalue weighted by molar-refractivity contribution is -0.385. The van der Waals surface area contributed by atoms with Crippen molar-refractivity contribution >= 4 is 44.8 Å². The third-order valence-electron chi connectivity index (χ3n) is 9.11. The lowest BCUT2D eigenvalue weighted by Gasteiger charge is -2.34. The van der Waals surface area contributed by atoms with E-state index in [1.807, 2.05) is 30.3 Å². The molecule has 0 spiro atoms. The molecule has 4 aromatic rings. The minimum Gasteiger partial charge on any atom is -0.497 e. The second kappa shape index (κ2) is 16.9. The molecule has 1 fully saturated rings. The number of aryl methyl sites for hydroxylation is 1. The van der Waals surface area contributed by atoms with Crippen molar-refractivity contribution < 1.29 is 32.4 Å². The first kappa shape index (κ1) is 38.1. The molecule has 14 heteroatoms. The van der Waals surface area contributed by atoms with Crippen LogP contribution in [0.25, 0.3) is 0 Å². The van der Waals surface area contributed by atoms with E-state index in [9.17, 15) is 28.1 Å². The summed E-state index contributed by atoms with van der Waals surface area (Å²) in [6.07, 6.45) is 3.73. The smallest absolute Gasteiger partial charge is 0.273 e. The topological polar surface area (TPSA) is 148 Å². The van der Waals surface area contributed by atoms with Crippen molar-refractivity contribution in [2.45, 2.75) is 62.6 Å². The second-order valence-electron chi connectivity index (χ2n) is 12.6. The fourth-order valence-electron chi connectivity index (χ4n) is 6.33. The molecule has 52 heavy (non-hydrogen) atoms. The predicted molar refractivity (Wildman–Crippen MR) is 198 cm³/mol. The third kappa shape index (κ3) is 9.01. The number of amides is 2. The normalized spacial score (nSPS) is 13.6. The molecule has 5 rings (SSSR count). The van der Waals surface area contributed by atoms with Crippen LogP contribution in [0.15, 0.2) is 95.9 Å². The van der Waals surface area contributed by atoms with Gasteiger partial charge in [0.25, 0.3) is 15.7 Å². The zero-order valence-corrected chi connectivity index (χ0v) is 30.7. The average Bonchev–Trinajstić information content (AvgIpc) is 3.65. The number of rotatable bonds is 15. The van der Waals surface area contributed by atoms with Crippen LogP contribution in [0.2, 0.25) is 5.02 Å². The number of nitrogens with one attached hydrogen (secondary N) is 1. The molecule has 4 aromatic carbocycles. The standard InChI is InChI=1S/C38H41ClN4O8S/c1-26-16-18-32(23-33(26)43(46)47)52(48,49)42(34-22-29(39)17-19-36(34)51-3)25-37(44)41(24-28-12-9-15-31(20-28)50-2)35(21-27-10-5-4-6-11-27)38(45)40-30-13-7-8-14-30/h4-6,9-12,15-20,22-23,30,35H,7-8,13-14,21,24-25H2,1-3H3,(H,40,45)/t35-/m1/s1. The van der Waals surface area contributed by atoms with Gasteiger partial charge in [-0.2, -0.15) is 0 Å². The van der Waals surface area contributed by atoms with Crippen LogP contribution in [0.3, 0.4) is 0 Å². The first-order valence-corrected chi connectivity index (χ1v) is 18.6. The number of sulfonamides is 1. The number of nitrogens with zero attached hydrogens (tertiary/aromatic N) is 3. The monoisotopic (exact) mass is 748 g/mol. The van der Waals surface area contributed by atoms with Gasteiger partial charge in [0, 0.05) is 35.7 Å². The molecule has 2 amide bonds. The largest absolute Gasteiger partial charge is 0.497 e. The Hall–Kier alpha value is -5.14. The molecule has 1 saturated carbocycles. The number of hydrogen-bond donors (Lipinski definition) is 1. The predicted octanol–water partition coefficient (Wildman–Crippen LogP) is 6.47. The van der Waals surface area contributed by atoms with Crippen molar-refractivity contribution in [3.05, 3.63) is 123 Å². The molecule has 0 heterocycles. The van der Waals surface area contributed by atoms with E-state index in [0.29, 0.717) is 11.3 Å². The zero-order chi connectivity index (χ0) is 37.4. The van der Waals surface area contributed by atoms with Crippen LogP contribution >= 0.6 is 11.6 Å². The molecule has 12 nitrogen and oxygen atoms in total. The number of nitro benzene ring substituents is 1. The molecule has 1 N–H and O–H groups in total. The van der Waals surface area contributed by atoms with Crippen LogP contribution in [-0.2, 0) is 32.6 Å². The number of nitro groups is 1. The Balaban J connectivity index is 1.64. The van der Waals surface area contributed by atoms with Gasteiger partial charge in [-0.15, -0.1) is 0 Å². The van der Waals surface area contributed by atoms with E-state index in [0.717, 1.165) is 41.6 Å². The summed E-state index contributed by atoms with van der Waals surface area (Å²) in [6, 6.07) is 23.1. The highest BCUT2D eigenvalue weighted by atomic mass is 35.5. The van der Waals surface area contributed by atoms with Crippen molar-refractivity contribution in [3.8, 4) is 11.5 Å². The number of carbonyl (C=O) groups is 2. The van der Waals surface area contributed by atoms with Crippen molar-refractivity contribution in [2.75, 3.05) is 25.1 Å². The van der Waals surface area contributed by atoms with Crippen LogP contribution in [0.1, 0.15) is 42.4 Å². The Morgan fingerprint density at radius 3 is 2.33 bits per heavy atom. The lowest BCUT2D eigenvalue weighted by atomic mass is 10.0. The van der Waals surface area contributed by atoms with E-state index in [1.165, 1.54) is 56.4 Å². The molecular formula is C38H41ClN4O8S. The summed E-state index contributed by atoms with van der Waals surface area (Å²) >= 11 is 6.37. The van der Waals surface area contributed by atoms with Crippen LogP contribution < -0.4 is 19.1 Å².